The number of alkyl halides is 2. The van der Waals surface area contributed by atoms with Crippen molar-refractivity contribution in [1.82, 2.24) is 0 Å². The van der Waals surface area contributed by atoms with Gasteiger partial charge < -0.3 is 0 Å². The van der Waals surface area contributed by atoms with Gasteiger partial charge >= 0.3 is 0 Å². The summed E-state index contributed by atoms with van der Waals surface area (Å²) in [6.07, 6.45) is 1.97. The van der Waals surface area contributed by atoms with Crippen molar-refractivity contribution in [3.63, 3.8) is 0 Å². The first-order valence-corrected chi connectivity index (χ1v) is 3.74. The Bertz CT molecular complexity index is 320. The van der Waals surface area contributed by atoms with Crippen LogP contribution in [0.2, 0.25) is 0 Å². The Kier molecular flexibility index (Phi) is 0.691. The molecule has 0 fully saturated rings. The van der Waals surface area contributed by atoms with Crippen LogP contribution in [-0.2, 0) is 18.8 Å². The van der Waals surface area contributed by atoms with E-state index in [-0.39, 0.29) is 11.1 Å². The minimum atomic E-state index is -2.57. The average molecular weight is 152 g/mol. The predicted octanol–water partition coefficient (Wildman–Crippen LogP) is 2.24. The van der Waals surface area contributed by atoms with Crippen molar-refractivity contribution in [1.29, 1.82) is 0 Å². The van der Waals surface area contributed by atoms with E-state index in [1.165, 1.54) is 0 Å². The summed E-state index contributed by atoms with van der Waals surface area (Å²) in [7, 11) is 0. The molecule has 0 saturated heterocycles. The molecule has 1 aromatic rings. The van der Waals surface area contributed by atoms with Gasteiger partial charge in [-0.3, -0.25) is 0 Å². The summed E-state index contributed by atoms with van der Waals surface area (Å²) in [5.41, 5.74) is 2.77. The standard InChI is InChI=1S/C9H6F2/c10-9(11)7-3-5-1-2-6(5)4-8(7)9/h3-4H,1-2H2. The zero-order valence-electron chi connectivity index (χ0n) is 5.82. The van der Waals surface area contributed by atoms with Crippen molar-refractivity contribution in [2.45, 2.75) is 18.8 Å². The molecule has 0 bridgehead atoms. The van der Waals surface area contributed by atoms with Crippen LogP contribution < -0.4 is 0 Å². The molecule has 0 radical (unpaired) electrons. The molecule has 0 heterocycles. The van der Waals surface area contributed by atoms with Gasteiger partial charge in [-0.05, 0) is 36.1 Å². The lowest BCUT2D eigenvalue weighted by molar-refractivity contribution is 0.0989. The molecule has 0 nitrogen and oxygen atoms in total. The highest BCUT2D eigenvalue weighted by Crippen LogP contribution is 2.54. The van der Waals surface area contributed by atoms with Gasteiger partial charge in [0.25, 0.3) is 5.92 Å². The molecule has 1 aromatic carbocycles. The lowest BCUT2D eigenvalue weighted by atomic mass is 9.89. The quantitative estimate of drug-likeness (QED) is 0.534. The summed E-state index contributed by atoms with van der Waals surface area (Å²) in [6, 6.07) is 3.32. The molecule has 2 aliphatic rings. The van der Waals surface area contributed by atoms with Crippen LogP contribution in [0.5, 0.6) is 0 Å². The van der Waals surface area contributed by atoms with E-state index in [0.29, 0.717) is 0 Å². The van der Waals surface area contributed by atoms with E-state index in [1.807, 2.05) is 0 Å². The van der Waals surface area contributed by atoms with E-state index in [1.54, 1.807) is 12.1 Å². The van der Waals surface area contributed by atoms with E-state index in [4.69, 9.17) is 0 Å². The van der Waals surface area contributed by atoms with Gasteiger partial charge in [0.15, 0.2) is 0 Å². The van der Waals surface area contributed by atoms with Gasteiger partial charge in [0, 0.05) is 11.1 Å². The minimum absolute atomic E-state index is 0.260. The van der Waals surface area contributed by atoms with Gasteiger partial charge in [-0.2, -0.15) is 8.78 Å². The van der Waals surface area contributed by atoms with Gasteiger partial charge in [-0.1, -0.05) is 0 Å². The van der Waals surface area contributed by atoms with Crippen molar-refractivity contribution in [3.05, 3.63) is 34.4 Å². The van der Waals surface area contributed by atoms with E-state index in [2.05, 4.69) is 0 Å². The molecule has 2 aliphatic carbocycles. The second kappa shape index (κ2) is 1.33. The summed E-state index contributed by atoms with van der Waals surface area (Å²) in [6.45, 7) is 0. The van der Waals surface area contributed by atoms with Crippen molar-refractivity contribution in [3.8, 4) is 0 Å². The van der Waals surface area contributed by atoms with Crippen molar-refractivity contribution >= 4 is 0 Å². The molecular formula is C9H6F2. The van der Waals surface area contributed by atoms with E-state index in [0.717, 1.165) is 24.0 Å². The third kappa shape index (κ3) is 0.503. The molecule has 0 saturated carbocycles. The summed E-state index contributed by atoms with van der Waals surface area (Å²) in [5, 5.41) is 0. The normalized spacial score (nSPS) is 21.6. The highest BCUT2D eigenvalue weighted by molar-refractivity contribution is 5.59. The smallest absolute Gasteiger partial charge is 0.196 e. The number of halogens is 2. The molecule has 2 heteroatoms. The zero-order chi connectivity index (χ0) is 7.64. The lowest BCUT2D eigenvalue weighted by Gasteiger charge is -2.15. The predicted molar refractivity (Wildman–Crippen MR) is 36.8 cm³/mol. The topological polar surface area (TPSA) is 0 Å². The van der Waals surface area contributed by atoms with Crippen LogP contribution in [0.25, 0.3) is 0 Å². The number of aryl methyl sites for hydroxylation is 2. The van der Waals surface area contributed by atoms with Crippen LogP contribution in [0, 0.1) is 0 Å². The van der Waals surface area contributed by atoms with Crippen LogP contribution in [0.1, 0.15) is 22.3 Å². The lowest BCUT2D eigenvalue weighted by Crippen LogP contribution is -2.06. The molecule has 0 spiro atoms. The van der Waals surface area contributed by atoms with E-state index in [9.17, 15) is 8.78 Å². The van der Waals surface area contributed by atoms with Crippen molar-refractivity contribution in [2.75, 3.05) is 0 Å². The first-order valence-electron chi connectivity index (χ1n) is 3.74. The number of rotatable bonds is 0. The van der Waals surface area contributed by atoms with E-state index < -0.39 is 5.92 Å². The van der Waals surface area contributed by atoms with Crippen LogP contribution in [0.3, 0.4) is 0 Å². The second-order valence-electron chi connectivity index (χ2n) is 3.24. The van der Waals surface area contributed by atoms with Gasteiger partial charge in [-0.15, -0.1) is 0 Å². The molecule has 0 aliphatic heterocycles. The van der Waals surface area contributed by atoms with Crippen molar-refractivity contribution < 1.29 is 8.78 Å². The fraction of sp³-hybridized carbons (Fsp3) is 0.333. The Morgan fingerprint density at radius 1 is 1.00 bits per heavy atom. The maximum atomic E-state index is 12.7. The zero-order valence-corrected chi connectivity index (χ0v) is 5.82. The largest absolute Gasteiger partial charge is 0.299 e. The van der Waals surface area contributed by atoms with Gasteiger partial charge in [0.1, 0.15) is 0 Å². The van der Waals surface area contributed by atoms with Crippen molar-refractivity contribution in [2.24, 2.45) is 0 Å². The molecule has 0 amide bonds. The van der Waals surface area contributed by atoms with Crippen LogP contribution in [0.15, 0.2) is 12.1 Å². The highest BCUT2D eigenvalue weighted by atomic mass is 19.3. The number of hydrogen-bond donors (Lipinski definition) is 0. The third-order valence-corrected chi connectivity index (χ3v) is 2.62. The summed E-state index contributed by atoms with van der Waals surface area (Å²) >= 11 is 0. The van der Waals surface area contributed by atoms with E-state index >= 15 is 0 Å². The molecule has 0 N–H and O–H groups in total. The molecule has 3 rings (SSSR count). The van der Waals surface area contributed by atoms with Gasteiger partial charge in [-0.25, -0.2) is 0 Å². The number of benzene rings is 1. The second-order valence-corrected chi connectivity index (χ2v) is 3.24. The Morgan fingerprint density at radius 3 is 1.82 bits per heavy atom. The summed E-state index contributed by atoms with van der Waals surface area (Å²) in [4.78, 5) is 0. The Labute approximate surface area is 62.8 Å². The van der Waals surface area contributed by atoms with Crippen LogP contribution >= 0.6 is 0 Å². The molecule has 11 heavy (non-hydrogen) atoms. The Hall–Kier alpha value is -0.920. The molecule has 0 atom stereocenters. The number of fused-ring (bicyclic) bond motifs is 2. The minimum Gasteiger partial charge on any atom is -0.196 e. The SMILES string of the molecule is FC1(F)c2cc3c(cc21)CC3. The first-order chi connectivity index (χ1) is 5.19. The molecule has 0 aromatic heterocycles. The Morgan fingerprint density at radius 2 is 1.45 bits per heavy atom. The average Bonchev–Trinajstić information content (AvgIpc) is 2.40. The van der Waals surface area contributed by atoms with Gasteiger partial charge in [0.2, 0.25) is 0 Å². The molecular weight excluding hydrogens is 146 g/mol. The molecule has 0 unspecified atom stereocenters. The third-order valence-electron chi connectivity index (χ3n) is 2.62. The highest BCUT2D eigenvalue weighted by Gasteiger charge is 2.53. The van der Waals surface area contributed by atoms with Gasteiger partial charge in [0.05, 0.1) is 0 Å². The Balaban J connectivity index is 2.25. The molecule has 56 valence electrons. The number of hydrogen-bond acceptors (Lipinski definition) is 0. The summed E-state index contributed by atoms with van der Waals surface area (Å²) in [5.74, 6) is -2.57. The monoisotopic (exact) mass is 152 g/mol. The maximum Gasteiger partial charge on any atom is 0.299 e. The fourth-order valence-corrected chi connectivity index (χ4v) is 1.70. The fourth-order valence-electron chi connectivity index (χ4n) is 1.70. The maximum absolute atomic E-state index is 12.7. The van der Waals surface area contributed by atoms with Crippen LogP contribution in [-0.4, -0.2) is 0 Å². The summed E-state index contributed by atoms with van der Waals surface area (Å²) < 4.78 is 25.4. The first kappa shape index (κ1) is 5.70. The van der Waals surface area contributed by atoms with Crippen LogP contribution in [0.4, 0.5) is 8.78 Å².